The SMILES string of the molecule is CN(C)C(=O)c1ccc[n+]([O-])c1S(=O)(=O)Cl. The first-order chi connectivity index (χ1) is 7.25. The molecule has 1 amide bonds. The molecule has 0 N–H and O–H groups in total. The lowest BCUT2D eigenvalue weighted by molar-refractivity contribution is -0.646. The zero-order valence-electron chi connectivity index (χ0n) is 8.55. The monoisotopic (exact) mass is 264 g/mol. The lowest BCUT2D eigenvalue weighted by Gasteiger charge is -2.11. The summed E-state index contributed by atoms with van der Waals surface area (Å²) in [5.74, 6) is -0.607. The van der Waals surface area contributed by atoms with E-state index in [2.05, 4.69) is 0 Å². The molecule has 0 aliphatic rings. The zero-order valence-corrected chi connectivity index (χ0v) is 10.1. The van der Waals surface area contributed by atoms with Crippen LogP contribution in [0.4, 0.5) is 0 Å². The number of carbonyl (C=O) groups is 1. The van der Waals surface area contributed by atoms with Gasteiger partial charge in [0.15, 0.2) is 6.20 Å². The van der Waals surface area contributed by atoms with Gasteiger partial charge in [0.2, 0.25) is 0 Å². The highest BCUT2D eigenvalue weighted by atomic mass is 35.7. The van der Waals surface area contributed by atoms with Crippen LogP contribution in [0.3, 0.4) is 0 Å². The Bertz CT molecular complexity index is 527. The maximum atomic E-state index is 11.6. The Kier molecular flexibility index (Phi) is 3.39. The van der Waals surface area contributed by atoms with Crippen molar-refractivity contribution in [3.8, 4) is 0 Å². The Morgan fingerprint density at radius 2 is 2.06 bits per heavy atom. The van der Waals surface area contributed by atoms with Gasteiger partial charge in [-0.2, -0.15) is 4.73 Å². The highest BCUT2D eigenvalue weighted by molar-refractivity contribution is 8.13. The van der Waals surface area contributed by atoms with Gasteiger partial charge < -0.3 is 10.1 Å². The van der Waals surface area contributed by atoms with Crippen LogP contribution < -0.4 is 4.73 Å². The maximum absolute atomic E-state index is 11.6. The normalized spacial score (nSPS) is 11.2. The van der Waals surface area contributed by atoms with Crippen molar-refractivity contribution in [1.29, 1.82) is 0 Å². The van der Waals surface area contributed by atoms with E-state index in [1.54, 1.807) is 0 Å². The fraction of sp³-hybridized carbons (Fsp3) is 0.250. The van der Waals surface area contributed by atoms with Crippen LogP contribution in [0, 0.1) is 5.21 Å². The van der Waals surface area contributed by atoms with Crippen LogP contribution in [0.25, 0.3) is 0 Å². The summed E-state index contributed by atoms with van der Waals surface area (Å²) in [5, 5.41) is 10.5. The van der Waals surface area contributed by atoms with Crippen LogP contribution in [0.15, 0.2) is 23.4 Å². The molecule has 0 saturated carbocycles. The summed E-state index contributed by atoms with van der Waals surface area (Å²) in [6, 6.07) is 2.50. The molecule has 0 radical (unpaired) electrons. The van der Waals surface area contributed by atoms with Crippen molar-refractivity contribution < 1.29 is 17.9 Å². The average molecular weight is 265 g/mol. The van der Waals surface area contributed by atoms with Gasteiger partial charge in [0, 0.05) is 30.8 Å². The van der Waals surface area contributed by atoms with Crippen molar-refractivity contribution >= 4 is 25.6 Å². The predicted molar refractivity (Wildman–Crippen MR) is 56.5 cm³/mol. The van der Waals surface area contributed by atoms with E-state index < -0.39 is 20.0 Å². The molecule has 0 unspecified atom stereocenters. The first-order valence-corrected chi connectivity index (χ1v) is 6.44. The molecule has 0 atom stereocenters. The van der Waals surface area contributed by atoms with Crippen LogP contribution in [0.5, 0.6) is 0 Å². The van der Waals surface area contributed by atoms with Gasteiger partial charge in [-0.25, -0.2) is 8.42 Å². The summed E-state index contributed by atoms with van der Waals surface area (Å²) in [7, 11) is 3.71. The molecule has 0 fully saturated rings. The van der Waals surface area contributed by atoms with Crippen molar-refractivity contribution in [3.05, 3.63) is 29.1 Å². The number of aromatic nitrogens is 1. The third-order valence-corrected chi connectivity index (χ3v) is 3.08. The summed E-state index contributed by atoms with van der Waals surface area (Å²) in [6.07, 6.45) is 0.960. The van der Waals surface area contributed by atoms with Crippen molar-refractivity contribution in [1.82, 2.24) is 4.90 Å². The molecule has 1 heterocycles. The first-order valence-electron chi connectivity index (χ1n) is 4.13. The molecule has 0 aliphatic heterocycles. The van der Waals surface area contributed by atoms with Gasteiger partial charge in [-0.3, -0.25) is 4.79 Å². The zero-order chi connectivity index (χ0) is 12.5. The topological polar surface area (TPSA) is 81.4 Å². The van der Waals surface area contributed by atoms with Gasteiger partial charge in [0.25, 0.3) is 5.91 Å². The Balaban J connectivity index is 3.53. The standard InChI is InChI=1S/C8H9ClN2O4S/c1-10(2)7(12)6-4-3-5-11(13)8(6)16(9,14)15/h3-5H,1-2H3. The number of amides is 1. The molecule has 0 bridgehead atoms. The molecule has 0 aliphatic carbocycles. The van der Waals surface area contributed by atoms with E-state index in [4.69, 9.17) is 10.7 Å². The van der Waals surface area contributed by atoms with E-state index in [0.717, 1.165) is 11.1 Å². The smallest absolute Gasteiger partial charge is 0.336 e. The lowest BCUT2D eigenvalue weighted by Crippen LogP contribution is -2.36. The molecule has 1 aromatic heterocycles. The summed E-state index contributed by atoms with van der Waals surface area (Å²) < 4.78 is 22.4. The Morgan fingerprint density at radius 1 is 1.50 bits per heavy atom. The van der Waals surface area contributed by atoms with E-state index >= 15 is 0 Å². The Labute approximate surface area is 97.1 Å². The second-order valence-electron chi connectivity index (χ2n) is 3.19. The largest absolute Gasteiger partial charge is 0.618 e. The summed E-state index contributed by atoms with van der Waals surface area (Å²) in [5.41, 5.74) is -0.252. The molecule has 0 spiro atoms. The number of rotatable bonds is 2. The maximum Gasteiger partial charge on any atom is 0.336 e. The van der Waals surface area contributed by atoms with Crippen molar-refractivity contribution in [2.24, 2.45) is 0 Å². The highest BCUT2D eigenvalue weighted by Crippen LogP contribution is 2.16. The van der Waals surface area contributed by atoms with E-state index in [1.807, 2.05) is 0 Å². The molecule has 1 rings (SSSR count). The minimum Gasteiger partial charge on any atom is -0.618 e. The van der Waals surface area contributed by atoms with E-state index in [-0.39, 0.29) is 10.3 Å². The molecular weight excluding hydrogens is 256 g/mol. The second-order valence-corrected chi connectivity index (χ2v) is 5.67. The van der Waals surface area contributed by atoms with Gasteiger partial charge >= 0.3 is 14.1 Å². The van der Waals surface area contributed by atoms with Crippen molar-refractivity contribution in [3.63, 3.8) is 0 Å². The molecule has 6 nitrogen and oxygen atoms in total. The number of pyridine rings is 1. The quantitative estimate of drug-likeness (QED) is 0.426. The van der Waals surface area contributed by atoms with Crippen LogP contribution >= 0.6 is 10.7 Å². The lowest BCUT2D eigenvalue weighted by atomic mass is 10.2. The van der Waals surface area contributed by atoms with Crippen LogP contribution in [-0.4, -0.2) is 33.3 Å². The molecule has 0 aromatic carbocycles. The van der Waals surface area contributed by atoms with Gasteiger partial charge in [0.05, 0.1) is 0 Å². The van der Waals surface area contributed by atoms with Crippen molar-refractivity contribution in [2.75, 3.05) is 14.1 Å². The fourth-order valence-electron chi connectivity index (χ4n) is 1.12. The minimum absolute atomic E-state index is 0.0546. The number of nitrogens with zero attached hydrogens (tertiary/aromatic N) is 2. The third-order valence-electron chi connectivity index (χ3n) is 1.78. The summed E-state index contributed by atoms with van der Waals surface area (Å²) in [4.78, 5) is 12.8. The van der Waals surface area contributed by atoms with E-state index in [1.165, 1.54) is 26.2 Å². The minimum atomic E-state index is -4.27. The Morgan fingerprint density at radius 3 is 2.50 bits per heavy atom. The second kappa shape index (κ2) is 4.26. The van der Waals surface area contributed by atoms with Gasteiger partial charge in [-0.1, -0.05) is 0 Å². The molecule has 1 aromatic rings. The highest BCUT2D eigenvalue weighted by Gasteiger charge is 2.30. The Hall–Kier alpha value is -1.34. The number of carbonyl (C=O) groups excluding carboxylic acids is 1. The first kappa shape index (κ1) is 12.7. The molecule has 0 saturated heterocycles. The van der Waals surface area contributed by atoms with Gasteiger partial charge in [0.1, 0.15) is 5.56 Å². The molecule has 16 heavy (non-hydrogen) atoms. The predicted octanol–water partition coefficient (Wildman–Crippen LogP) is -0.0507. The number of halogens is 1. The van der Waals surface area contributed by atoms with Crippen molar-refractivity contribution in [2.45, 2.75) is 5.03 Å². The van der Waals surface area contributed by atoms with Crippen LogP contribution in [0.2, 0.25) is 0 Å². The molecule has 8 heteroatoms. The fourth-order valence-corrected chi connectivity index (χ4v) is 2.26. The number of hydrogen-bond donors (Lipinski definition) is 0. The molecular formula is C8H9ClN2O4S. The number of hydrogen-bond acceptors (Lipinski definition) is 4. The molecule has 88 valence electrons. The summed E-state index contributed by atoms with van der Waals surface area (Å²) >= 11 is 0. The van der Waals surface area contributed by atoms with E-state index in [0.29, 0.717) is 0 Å². The average Bonchev–Trinajstić information content (AvgIpc) is 2.14. The van der Waals surface area contributed by atoms with Crippen LogP contribution in [-0.2, 0) is 9.05 Å². The van der Waals surface area contributed by atoms with Gasteiger partial charge in [-0.15, -0.1) is 0 Å². The van der Waals surface area contributed by atoms with E-state index in [9.17, 15) is 18.4 Å². The third kappa shape index (κ3) is 2.42. The summed E-state index contributed by atoms with van der Waals surface area (Å²) in [6.45, 7) is 0. The van der Waals surface area contributed by atoms with Gasteiger partial charge in [-0.05, 0) is 6.07 Å². The van der Waals surface area contributed by atoms with Crippen LogP contribution in [0.1, 0.15) is 10.4 Å².